The molecule has 1 aliphatic rings. The molecule has 0 aromatic carbocycles. The second kappa shape index (κ2) is 3.70. The Morgan fingerprint density at radius 1 is 1.73 bits per heavy atom. The fourth-order valence-corrected chi connectivity index (χ4v) is 1.38. The monoisotopic (exact) mass is 154 g/mol. The second-order valence-electron chi connectivity index (χ2n) is 2.95. The molecule has 0 aromatic rings. The fraction of sp³-hybridized carbons (Fsp3) is 0.875. The number of nitrogens with zero attached hydrogens (tertiary/aromatic N) is 2. The minimum absolute atomic E-state index is 0.0372. The van der Waals surface area contributed by atoms with E-state index in [-0.39, 0.29) is 6.04 Å². The molecule has 1 unspecified atom stereocenters. The van der Waals surface area contributed by atoms with Gasteiger partial charge in [0.05, 0.1) is 18.2 Å². The Morgan fingerprint density at radius 2 is 2.45 bits per heavy atom. The number of nitriles is 1. The highest BCUT2D eigenvalue weighted by Gasteiger charge is 2.25. The number of hydrogen-bond acceptors (Lipinski definition) is 3. The Hall–Kier alpha value is -0.590. The van der Waals surface area contributed by atoms with E-state index < -0.39 is 0 Å². The molecule has 2 atom stereocenters. The van der Waals surface area contributed by atoms with Gasteiger partial charge in [-0.2, -0.15) is 5.26 Å². The SMILES string of the molecule is CO[C@@H]1CCN(C(C)C#N)C1. The van der Waals surface area contributed by atoms with Crippen LogP contribution in [0, 0.1) is 11.3 Å². The average molecular weight is 154 g/mol. The molecule has 0 N–H and O–H groups in total. The van der Waals surface area contributed by atoms with Crippen LogP contribution in [0.15, 0.2) is 0 Å². The van der Waals surface area contributed by atoms with Crippen LogP contribution in [-0.4, -0.2) is 37.2 Å². The summed E-state index contributed by atoms with van der Waals surface area (Å²) < 4.78 is 5.18. The van der Waals surface area contributed by atoms with E-state index >= 15 is 0 Å². The van der Waals surface area contributed by atoms with Crippen LogP contribution in [0.25, 0.3) is 0 Å². The highest BCUT2D eigenvalue weighted by atomic mass is 16.5. The molecule has 0 aromatic heterocycles. The minimum atomic E-state index is 0.0372. The molecule has 0 amide bonds. The third-order valence-corrected chi connectivity index (χ3v) is 2.24. The van der Waals surface area contributed by atoms with E-state index in [4.69, 9.17) is 10.00 Å². The summed E-state index contributed by atoms with van der Waals surface area (Å²) in [6, 6.07) is 2.26. The summed E-state index contributed by atoms with van der Waals surface area (Å²) in [6.45, 7) is 3.83. The van der Waals surface area contributed by atoms with Gasteiger partial charge in [-0.1, -0.05) is 0 Å². The first-order chi connectivity index (χ1) is 5.27. The van der Waals surface area contributed by atoms with Crippen molar-refractivity contribution in [3.8, 4) is 6.07 Å². The Morgan fingerprint density at radius 3 is 2.91 bits per heavy atom. The lowest BCUT2D eigenvalue weighted by atomic mass is 10.3. The van der Waals surface area contributed by atoms with Crippen molar-refractivity contribution >= 4 is 0 Å². The van der Waals surface area contributed by atoms with Crippen molar-refractivity contribution in [1.29, 1.82) is 5.26 Å². The first-order valence-electron chi connectivity index (χ1n) is 3.94. The van der Waals surface area contributed by atoms with Crippen molar-refractivity contribution in [2.75, 3.05) is 20.2 Å². The number of hydrogen-bond donors (Lipinski definition) is 0. The normalized spacial score (nSPS) is 28.3. The van der Waals surface area contributed by atoms with E-state index in [2.05, 4.69) is 11.0 Å². The van der Waals surface area contributed by atoms with Crippen molar-refractivity contribution in [2.45, 2.75) is 25.5 Å². The van der Waals surface area contributed by atoms with Gasteiger partial charge in [-0.25, -0.2) is 0 Å². The van der Waals surface area contributed by atoms with Gasteiger partial charge in [0, 0.05) is 20.2 Å². The molecule has 1 aliphatic heterocycles. The fourth-order valence-electron chi connectivity index (χ4n) is 1.38. The summed E-state index contributed by atoms with van der Waals surface area (Å²) in [6.07, 6.45) is 1.40. The van der Waals surface area contributed by atoms with Gasteiger partial charge < -0.3 is 4.74 Å². The van der Waals surface area contributed by atoms with E-state index in [0.29, 0.717) is 6.10 Å². The van der Waals surface area contributed by atoms with E-state index in [9.17, 15) is 0 Å². The summed E-state index contributed by atoms with van der Waals surface area (Å²) in [5.41, 5.74) is 0. The highest BCUT2D eigenvalue weighted by molar-refractivity contribution is 4.91. The summed E-state index contributed by atoms with van der Waals surface area (Å²) >= 11 is 0. The van der Waals surface area contributed by atoms with E-state index in [0.717, 1.165) is 19.5 Å². The van der Waals surface area contributed by atoms with Gasteiger partial charge in [0.2, 0.25) is 0 Å². The maximum absolute atomic E-state index is 8.62. The van der Waals surface area contributed by atoms with Crippen molar-refractivity contribution in [1.82, 2.24) is 4.90 Å². The second-order valence-corrected chi connectivity index (χ2v) is 2.95. The average Bonchev–Trinajstić information content (AvgIpc) is 2.50. The molecule has 11 heavy (non-hydrogen) atoms. The van der Waals surface area contributed by atoms with Crippen molar-refractivity contribution < 1.29 is 4.74 Å². The number of rotatable bonds is 2. The third kappa shape index (κ3) is 1.92. The molecular weight excluding hydrogens is 140 g/mol. The Balaban J connectivity index is 2.36. The van der Waals surface area contributed by atoms with E-state index in [1.807, 2.05) is 6.92 Å². The quantitative estimate of drug-likeness (QED) is 0.585. The Bertz CT molecular complexity index is 164. The third-order valence-electron chi connectivity index (χ3n) is 2.24. The molecule has 62 valence electrons. The number of ether oxygens (including phenoxy) is 1. The van der Waals surface area contributed by atoms with Gasteiger partial charge in [-0.3, -0.25) is 4.90 Å². The van der Waals surface area contributed by atoms with Gasteiger partial charge in [-0.15, -0.1) is 0 Å². The molecule has 1 rings (SSSR count). The molecule has 0 saturated carbocycles. The maximum atomic E-state index is 8.62. The first kappa shape index (κ1) is 8.51. The Labute approximate surface area is 67.6 Å². The molecule has 1 saturated heterocycles. The first-order valence-corrected chi connectivity index (χ1v) is 3.94. The summed E-state index contributed by atoms with van der Waals surface area (Å²) in [5, 5.41) is 8.62. The molecular formula is C8H14N2O. The zero-order chi connectivity index (χ0) is 8.27. The van der Waals surface area contributed by atoms with Gasteiger partial charge in [0.1, 0.15) is 0 Å². The van der Waals surface area contributed by atoms with Crippen LogP contribution in [0.1, 0.15) is 13.3 Å². The Kier molecular flexibility index (Phi) is 2.86. The van der Waals surface area contributed by atoms with E-state index in [1.54, 1.807) is 7.11 Å². The summed E-state index contributed by atoms with van der Waals surface area (Å²) in [7, 11) is 1.73. The van der Waals surface area contributed by atoms with Crippen molar-refractivity contribution in [3.63, 3.8) is 0 Å². The molecule has 0 spiro atoms. The minimum Gasteiger partial charge on any atom is -0.380 e. The van der Waals surface area contributed by atoms with Gasteiger partial charge >= 0.3 is 0 Å². The van der Waals surface area contributed by atoms with Crippen LogP contribution in [0.3, 0.4) is 0 Å². The predicted molar refractivity (Wildman–Crippen MR) is 42.1 cm³/mol. The van der Waals surface area contributed by atoms with Crippen LogP contribution >= 0.6 is 0 Å². The predicted octanol–water partition coefficient (Wildman–Crippen LogP) is 0.619. The highest BCUT2D eigenvalue weighted by Crippen LogP contribution is 2.13. The van der Waals surface area contributed by atoms with Crippen molar-refractivity contribution in [3.05, 3.63) is 0 Å². The van der Waals surface area contributed by atoms with Crippen LogP contribution in [-0.2, 0) is 4.74 Å². The van der Waals surface area contributed by atoms with Crippen molar-refractivity contribution in [2.24, 2.45) is 0 Å². The van der Waals surface area contributed by atoms with E-state index in [1.165, 1.54) is 0 Å². The summed E-state index contributed by atoms with van der Waals surface area (Å²) in [4.78, 5) is 2.15. The van der Waals surface area contributed by atoms with Gasteiger partial charge in [0.15, 0.2) is 0 Å². The molecule has 3 heteroatoms. The van der Waals surface area contributed by atoms with Gasteiger partial charge in [-0.05, 0) is 13.3 Å². The smallest absolute Gasteiger partial charge is 0.0950 e. The molecule has 0 aliphatic carbocycles. The lowest BCUT2D eigenvalue weighted by molar-refractivity contribution is 0.106. The number of methoxy groups -OCH3 is 1. The molecule has 1 fully saturated rings. The van der Waals surface area contributed by atoms with Crippen LogP contribution < -0.4 is 0 Å². The standard InChI is InChI=1S/C8H14N2O/c1-7(5-9)10-4-3-8(6-10)11-2/h7-8H,3-4,6H2,1-2H3/t7?,8-/m1/s1. The lowest BCUT2D eigenvalue weighted by Gasteiger charge is -2.17. The zero-order valence-electron chi connectivity index (χ0n) is 7.08. The van der Waals surface area contributed by atoms with Crippen LogP contribution in [0.2, 0.25) is 0 Å². The molecule has 0 radical (unpaired) electrons. The topological polar surface area (TPSA) is 36.3 Å². The largest absolute Gasteiger partial charge is 0.380 e. The number of likely N-dealkylation sites (tertiary alicyclic amines) is 1. The maximum Gasteiger partial charge on any atom is 0.0950 e. The lowest BCUT2D eigenvalue weighted by Crippen LogP contribution is -2.30. The zero-order valence-corrected chi connectivity index (χ0v) is 7.08. The molecule has 0 bridgehead atoms. The molecule has 1 heterocycles. The van der Waals surface area contributed by atoms with Crippen LogP contribution in [0.4, 0.5) is 0 Å². The molecule has 3 nitrogen and oxygen atoms in total. The summed E-state index contributed by atoms with van der Waals surface area (Å²) in [5.74, 6) is 0. The van der Waals surface area contributed by atoms with Crippen LogP contribution in [0.5, 0.6) is 0 Å². The van der Waals surface area contributed by atoms with Gasteiger partial charge in [0.25, 0.3) is 0 Å².